The highest BCUT2D eigenvalue weighted by atomic mass is 32.2. The smallest absolute Gasteiger partial charge is 0.416 e. The van der Waals surface area contributed by atoms with Crippen LogP contribution in [-0.2, 0) is 11.2 Å². The van der Waals surface area contributed by atoms with Gasteiger partial charge in [0.15, 0.2) is 0 Å². The average molecular weight is 243 g/mol. The lowest BCUT2D eigenvalue weighted by Gasteiger charge is -2.11. The molecule has 1 aromatic heterocycles. The van der Waals surface area contributed by atoms with Crippen molar-refractivity contribution >= 4 is 17.3 Å². The van der Waals surface area contributed by atoms with Crippen molar-refractivity contribution < 1.29 is 14.1 Å². The van der Waals surface area contributed by atoms with Crippen LogP contribution in [0.2, 0.25) is 0 Å². The Morgan fingerprint density at radius 3 is 2.69 bits per heavy atom. The number of ether oxygens (including phenoxy) is 1. The summed E-state index contributed by atoms with van der Waals surface area (Å²) in [4.78, 5) is 20.4. The Labute approximate surface area is 96.8 Å². The first kappa shape index (κ1) is 12.7. The van der Waals surface area contributed by atoms with E-state index in [-0.39, 0.29) is 11.0 Å². The van der Waals surface area contributed by atoms with Crippen molar-refractivity contribution in [1.29, 1.82) is 0 Å². The molecule has 1 rings (SSSR count). The first-order valence-electron chi connectivity index (χ1n) is 4.48. The van der Waals surface area contributed by atoms with E-state index in [2.05, 4.69) is 9.97 Å². The highest BCUT2D eigenvalue weighted by Crippen LogP contribution is 2.15. The maximum atomic E-state index is 11.3. The molecule has 0 spiro atoms. The third-order valence-electron chi connectivity index (χ3n) is 1.71. The zero-order chi connectivity index (χ0) is 12.3. The minimum absolute atomic E-state index is 0.138. The maximum absolute atomic E-state index is 11.3. The van der Waals surface area contributed by atoms with E-state index in [1.54, 1.807) is 21.0 Å². The first-order chi connectivity index (χ1) is 7.41. The predicted molar refractivity (Wildman–Crippen MR) is 58.8 cm³/mol. The lowest BCUT2D eigenvalue weighted by molar-refractivity contribution is 0.169. The van der Waals surface area contributed by atoms with Gasteiger partial charge in [-0.1, -0.05) is 0 Å². The number of hydrogen-bond acceptors (Lipinski definition) is 5. The van der Waals surface area contributed by atoms with Crippen LogP contribution in [0, 0.1) is 6.92 Å². The molecule has 0 saturated heterocycles. The van der Waals surface area contributed by atoms with Gasteiger partial charge in [0.05, 0.1) is 0 Å². The minimum atomic E-state index is -1.30. The summed E-state index contributed by atoms with van der Waals surface area (Å²) in [5.74, 6) is 0.138. The molecule has 0 aromatic carbocycles. The SMILES string of the molecule is Cc1cnc([S+](C)[O-])nc1OC(=O)N(C)C. The quantitative estimate of drug-likeness (QED) is 0.561. The van der Waals surface area contributed by atoms with Crippen LogP contribution in [0.3, 0.4) is 0 Å². The summed E-state index contributed by atoms with van der Waals surface area (Å²) < 4.78 is 16.2. The first-order valence-corrected chi connectivity index (χ1v) is 6.04. The average Bonchev–Trinajstić information content (AvgIpc) is 2.20. The van der Waals surface area contributed by atoms with Gasteiger partial charge in [-0.25, -0.2) is 4.79 Å². The van der Waals surface area contributed by atoms with Crippen LogP contribution in [0.15, 0.2) is 11.4 Å². The van der Waals surface area contributed by atoms with Gasteiger partial charge in [-0.2, -0.15) is 4.98 Å². The molecule has 7 heteroatoms. The minimum Gasteiger partial charge on any atom is -0.609 e. The normalized spacial score (nSPS) is 12.1. The Morgan fingerprint density at radius 1 is 1.56 bits per heavy atom. The molecule has 1 aromatic rings. The van der Waals surface area contributed by atoms with Crippen LogP contribution in [0.1, 0.15) is 5.56 Å². The Morgan fingerprint density at radius 2 is 2.19 bits per heavy atom. The van der Waals surface area contributed by atoms with Crippen molar-refractivity contribution in [3.8, 4) is 5.88 Å². The zero-order valence-corrected chi connectivity index (χ0v) is 10.4. The fourth-order valence-corrected chi connectivity index (χ4v) is 1.24. The molecule has 1 atom stereocenters. The predicted octanol–water partition coefficient (Wildman–Crippen LogP) is 0.583. The molecule has 6 nitrogen and oxygen atoms in total. The standard InChI is InChI=1S/C9H13N3O3S/c1-6-5-10-8(16(4)14)11-7(6)15-9(13)12(2)3/h5H,1-4H3. The molecular weight excluding hydrogens is 230 g/mol. The van der Waals surface area contributed by atoms with Crippen LogP contribution in [0.25, 0.3) is 0 Å². The molecule has 0 saturated carbocycles. The van der Waals surface area contributed by atoms with Gasteiger partial charge in [-0.15, -0.1) is 4.98 Å². The fraction of sp³-hybridized carbons (Fsp3) is 0.444. The summed E-state index contributed by atoms with van der Waals surface area (Å²) >= 11 is -1.30. The molecule has 0 aliphatic carbocycles. The van der Waals surface area contributed by atoms with Crippen molar-refractivity contribution in [2.75, 3.05) is 20.4 Å². The molecule has 1 unspecified atom stereocenters. The third kappa shape index (κ3) is 3.07. The van der Waals surface area contributed by atoms with Crippen LogP contribution in [-0.4, -0.2) is 45.9 Å². The maximum Gasteiger partial charge on any atom is 0.416 e. The number of amides is 1. The Bertz CT molecular complexity index is 396. The van der Waals surface area contributed by atoms with Gasteiger partial charge >= 0.3 is 11.2 Å². The van der Waals surface area contributed by atoms with Gasteiger partial charge in [0.1, 0.15) is 6.26 Å². The molecule has 16 heavy (non-hydrogen) atoms. The van der Waals surface area contributed by atoms with Gasteiger partial charge in [-0.05, 0) is 6.92 Å². The zero-order valence-electron chi connectivity index (χ0n) is 9.55. The number of nitrogens with zero attached hydrogens (tertiary/aromatic N) is 3. The van der Waals surface area contributed by atoms with Crippen molar-refractivity contribution in [3.05, 3.63) is 11.8 Å². The van der Waals surface area contributed by atoms with Gasteiger partial charge in [0, 0.05) is 37.0 Å². The van der Waals surface area contributed by atoms with Crippen LogP contribution < -0.4 is 4.74 Å². The van der Waals surface area contributed by atoms with Gasteiger partial charge in [0.25, 0.3) is 0 Å². The molecule has 88 valence electrons. The second-order valence-electron chi connectivity index (χ2n) is 3.36. The number of rotatable bonds is 2. The highest BCUT2D eigenvalue weighted by Gasteiger charge is 2.15. The highest BCUT2D eigenvalue weighted by molar-refractivity contribution is 7.90. The number of aromatic nitrogens is 2. The van der Waals surface area contributed by atoms with Crippen molar-refractivity contribution in [3.63, 3.8) is 0 Å². The number of carbonyl (C=O) groups is 1. The Balaban J connectivity index is 2.94. The Kier molecular flexibility index (Phi) is 4.08. The third-order valence-corrected chi connectivity index (χ3v) is 2.42. The molecular formula is C9H13N3O3S. The fourth-order valence-electron chi connectivity index (χ4n) is 0.827. The van der Waals surface area contributed by atoms with Crippen molar-refractivity contribution in [2.24, 2.45) is 0 Å². The second kappa shape index (κ2) is 5.13. The number of hydrogen-bond donors (Lipinski definition) is 0. The van der Waals surface area contributed by atoms with Crippen LogP contribution in [0.4, 0.5) is 4.79 Å². The number of aryl methyl sites for hydroxylation is 1. The van der Waals surface area contributed by atoms with Gasteiger partial charge < -0.3 is 14.2 Å². The molecule has 0 N–H and O–H groups in total. The van der Waals surface area contributed by atoms with E-state index in [0.29, 0.717) is 5.56 Å². The monoisotopic (exact) mass is 243 g/mol. The van der Waals surface area contributed by atoms with Gasteiger partial charge in [0.2, 0.25) is 5.88 Å². The summed E-state index contributed by atoms with van der Waals surface area (Å²) in [6, 6.07) is 0. The van der Waals surface area contributed by atoms with E-state index in [1.807, 2.05) is 0 Å². The van der Waals surface area contributed by atoms with E-state index in [0.717, 1.165) is 0 Å². The summed E-state index contributed by atoms with van der Waals surface area (Å²) in [5, 5.41) is 0.146. The lowest BCUT2D eigenvalue weighted by atomic mass is 10.4. The van der Waals surface area contributed by atoms with E-state index in [4.69, 9.17) is 4.74 Å². The molecule has 0 aliphatic heterocycles. The van der Waals surface area contributed by atoms with E-state index in [9.17, 15) is 9.35 Å². The van der Waals surface area contributed by atoms with Gasteiger partial charge in [-0.3, -0.25) is 0 Å². The molecule has 0 aliphatic rings. The van der Waals surface area contributed by atoms with Crippen LogP contribution in [0.5, 0.6) is 5.88 Å². The van der Waals surface area contributed by atoms with E-state index >= 15 is 0 Å². The largest absolute Gasteiger partial charge is 0.609 e. The molecule has 0 bridgehead atoms. The second-order valence-corrected chi connectivity index (χ2v) is 4.63. The van der Waals surface area contributed by atoms with Crippen molar-refractivity contribution in [2.45, 2.75) is 12.1 Å². The summed E-state index contributed by atoms with van der Waals surface area (Å²) in [6.45, 7) is 1.71. The summed E-state index contributed by atoms with van der Waals surface area (Å²) in [7, 11) is 3.13. The topological polar surface area (TPSA) is 78.4 Å². The molecule has 1 amide bonds. The van der Waals surface area contributed by atoms with E-state index < -0.39 is 17.3 Å². The van der Waals surface area contributed by atoms with E-state index in [1.165, 1.54) is 17.4 Å². The van der Waals surface area contributed by atoms with Crippen molar-refractivity contribution in [1.82, 2.24) is 14.9 Å². The molecule has 1 heterocycles. The summed E-state index contributed by atoms with van der Waals surface area (Å²) in [6.07, 6.45) is 2.40. The molecule has 0 fully saturated rings. The lowest BCUT2D eigenvalue weighted by Crippen LogP contribution is -2.26. The Hall–Kier alpha value is -1.34. The number of carbonyl (C=O) groups excluding carboxylic acids is 1. The summed E-state index contributed by atoms with van der Waals surface area (Å²) in [5.41, 5.74) is 0.615. The van der Waals surface area contributed by atoms with Crippen LogP contribution >= 0.6 is 0 Å². The molecule has 0 radical (unpaired) electrons.